The molecule has 3 aliphatic heterocycles. The molecule has 2 unspecified atom stereocenters. The Balaban J connectivity index is 1.27. The highest BCUT2D eigenvalue weighted by Gasteiger charge is 2.41. The fourth-order valence-electron chi connectivity index (χ4n) is 6.57. The summed E-state index contributed by atoms with van der Waals surface area (Å²) in [7, 11) is 0. The van der Waals surface area contributed by atoms with Gasteiger partial charge >= 0.3 is 0 Å². The molecule has 0 saturated heterocycles. The van der Waals surface area contributed by atoms with E-state index < -0.39 is 27.4 Å². The molecule has 0 saturated carbocycles. The van der Waals surface area contributed by atoms with Crippen LogP contribution in [0, 0.1) is 27.4 Å². The number of hydrogen-bond acceptors (Lipinski definition) is 5. The molecular weight excluding hydrogens is 585 g/mol. The lowest BCUT2D eigenvalue weighted by atomic mass is 9.87. The predicted octanol–water partition coefficient (Wildman–Crippen LogP) is 11.0. The van der Waals surface area contributed by atoms with Crippen molar-refractivity contribution in [2.45, 2.75) is 44.4 Å². The predicted molar refractivity (Wildman–Crippen MR) is 190 cm³/mol. The van der Waals surface area contributed by atoms with Gasteiger partial charge in [-0.1, -0.05) is 85.0 Å². The molecule has 5 aromatic carbocycles. The first-order valence-electron chi connectivity index (χ1n) is 20.8. The second-order valence-corrected chi connectivity index (χ2v) is 12.4. The minimum Gasteiger partial charge on any atom is -0.449 e. The molecule has 2 atom stereocenters. The summed E-state index contributed by atoms with van der Waals surface area (Å²) in [6.45, 7) is -11.5. The first-order valence-corrected chi connectivity index (χ1v) is 15.6. The topological polar surface area (TPSA) is 34.1 Å². The van der Waals surface area contributed by atoms with E-state index in [-0.39, 0.29) is 73.7 Å². The summed E-state index contributed by atoms with van der Waals surface area (Å²) in [4.78, 5) is 7.67. The van der Waals surface area contributed by atoms with Crippen LogP contribution in [0.1, 0.15) is 38.7 Å². The Hall–Kier alpha value is -5.00. The zero-order valence-corrected chi connectivity index (χ0v) is 25.0. The number of aliphatic imine (C=N–C) groups is 1. The molecular formula is C41H32N2O2S. The van der Waals surface area contributed by atoms with Gasteiger partial charge in [0.1, 0.15) is 0 Å². The Kier molecular flexibility index (Phi) is 3.93. The number of anilines is 1. The van der Waals surface area contributed by atoms with E-state index in [9.17, 15) is 0 Å². The minimum atomic E-state index is -2.93. The lowest BCUT2D eigenvalue weighted by Crippen LogP contribution is -2.35. The van der Waals surface area contributed by atoms with Gasteiger partial charge in [-0.2, -0.15) is 0 Å². The molecule has 46 heavy (non-hydrogen) atoms. The molecule has 3 heterocycles. The van der Waals surface area contributed by atoms with Gasteiger partial charge in [0.05, 0.1) is 17.8 Å². The van der Waals surface area contributed by atoms with Gasteiger partial charge in [-0.05, 0) is 114 Å². The van der Waals surface area contributed by atoms with Crippen LogP contribution in [0.15, 0.2) is 119 Å². The lowest BCUT2D eigenvalue weighted by molar-refractivity contribution is 0.361. The third kappa shape index (κ3) is 4.11. The number of hydrogen-bond donors (Lipinski definition) is 0. The SMILES string of the molecule is [2H]C([2H])([2H])c1cc(-c2cccc3c2Oc2ccccc2O3)c(C([2H])([2H])[2H])cc1-c1cc(C([2H])([2H])[2H])c(-c2cccc3c2SC2=NC4C=CC=CC4N23)cc1C([2H])([2H])[2H]. The van der Waals surface area contributed by atoms with E-state index in [4.69, 9.17) is 30.9 Å². The van der Waals surface area contributed by atoms with Crippen LogP contribution in [0.3, 0.4) is 0 Å². The zero-order chi connectivity index (χ0) is 41.1. The molecule has 5 aromatic rings. The summed E-state index contributed by atoms with van der Waals surface area (Å²) >= 11 is 1.37. The van der Waals surface area contributed by atoms with E-state index in [0.29, 0.717) is 22.0 Å². The van der Waals surface area contributed by atoms with Gasteiger partial charge in [-0.25, -0.2) is 0 Å². The van der Waals surface area contributed by atoms with Gasteiger partial charge in [-0.15, -0.1) is 0 Å². The number of ether oxygens (including phenoxy) is 2. The summed E-state index contributed by atoms with van der Waals surface area (Å²) in [5, 5.41) is 0.734. The van der Waals surface area contributed by atoms with E-state index in [1.54, 1.807) is 54.6 Å². The number of thioether (sulfide) groups is 1. The van der Waals surface area contributed by atoms with E-state index in [2.05, 4.69) is 4.90 Å². The molecule has 0 bridgehead atoms. The van der Waals surface area contributed by atoms with Crippen LogP contribution in [-0.2, 0) is 0 Å². The molecule has 224 valence electrons. The Bertz CT molecular complexity index is 2640. The van der Waals surface area contributed by atoms with Gasteiger partial charge in [0, 0.05) is 26.9 Å². The highest BCUT2D eigenvalue weighted by molar-refractivity contribution is 8.15. The van der Waals surface area contributed by atoms with Crippen molar-refractivity contribution >= 4 is 22.6 Å². The van der Waals surface area contributed by atoms with Gasteiger partial charge in [-0.3, -0.25) is 4.99 Å². The zero-order valence-electron chi connectivity index (χ0n) is 36.2. The van der Waals surface area contributed by atoms with Gasteiger partial charge < -0.3 is 14.4 Å². The maximum atomic E-state index is 8.71. The maximum absolute atomic E-state index is 8.71. The molecule has 0 radical (unpaired) electrons. The number of amidine groups is 1. The summed E-state index contributed by atoms with van der Waals surface area (Å²) < 4.78 is 117. The number of allylic oxidation sites excluding steroid dienone is 2. The molecule has 0 aromatic heterocycles. The second kappa shape index (κ2) is 10.3. The van der Waals surface area contributed by atoms with Gasteiger partial charge in [0.15, 0.2) is 28.2 Å². The van der Waals surface area contributed by atoms with Crippen LogP contribution >= 0.6 is 11.8 Å². The van der Waals surface area contributed by atoms with Crippen LogP contribution in [0.4, 0.5) is 5.69 Å². The number of para-hydroxylation sites is 3. The maximum Gasteiger partial charge on any atom is 0.177 e. The van der Waals surface area contributed by atoms with Crippen LogP contribution in [0.5, 0.6) is 23.0 Å². The number of nitrogens with zero attached hydrogens (tertiary/aromatic N) is 2. The molecule has 5 heteroatoms. The number of benzene rings is 5. The minimum absolute atomic E-state index is 0.00341. The van der Waals surface area contributed by atoms with Crippen LogP contribution in [0.25, 0.3) is 33.4 Å². The van der Waals surface area contributed by atoms with Crippen molar-refractivity contribution in [3.05, 3.63) is 131 Å². The molecule has 9 rings (SSSR count). The van der Waals surface area contributed by atoms with E-state index in [1.165, 1.54) is 30.0 Å². The molecule has 4 aliphatic rings. The second-order valence-electron chi connectivity index (χ2n) is 11.5. The molecule has 0 fully saturated rings. The molecule has 1 aliphatic carbocycles. The standard InChI is InChI=1S/C41H32N2O2S/c1-23-21-31(25(3)19-29(23)27-11-10-18-38-39(27)45-37-17-8-7-16-36(37)44-38)32-22-24(2)30(20-26(32)4)28-12-9-15-35-40(28)46-41-42-33-13-5-6-14-34(33)43(35)41/h5-22,33-34H,1-4H3/i1D3,2D3,3D3,4D3. The highest BCUT2D eigenvalue weighted by Crippen LogP contribution is 2.52. The third-order valence-electron chi connectivity index (χ3n) is 8.73. The number of fused-ring (bicyclic) bond motifs is 7. The fraction of sp³-hybridized carbons (Fsp3) is 0.146. The number of aryl methyl sites for hydroxylation is 4. The Morgan fingerprint density at radius 2 is 1.22 bits per heavy atom. The fourth-order valence-corrected chi connectivity index (χ4v) is 7.81. The lowest BCUT2D eigenvalue weighted by Gasteiger charge is -2.25. The molecule has 0 amide bonds. The average Bonchev–Trinajstić information content (AvgIpc) is 3.71. The smallest absolute Gasteiger partial charge is 0.177 e. The Morgan fingerprint density at radius 3 is 1.93 bits per heavy atom. The Morgan fingerprint density at radius 1 is 0.630 bits per heavy atom. The first kappa shape index (κ1) is 17.6. The van der Waals surface area contributed by atoms with Crippen molar-refractivity contribution in [2.24, 2.45) is 4.99 Å². The summed E-state index contributed by atoms with van der Waals surface area (Å²) in [6, 6.07) is 21.9. The third-order valence-corrected chi connectivity index (χ3v) is 9.85. The van der Waals surface area contributed by atoms with E-state index in [1.807, 2.05) is 30.4 Å². The summed E-state index contributed by atoms with van der Waals surface area (Å²) in [5.41, 5.74) is -0.0677. The van der Waals surface area contributed by atoms with Crippen molar-refractivity contribution in [1.29, 1.82) is 0 Å². The average molecular weight is 629 g/mol. The van der Waals surface area contributed by atoms with Gasteiger partial charge in [0.25, 0.3) is 0 Å². The van der Waals surface area contributed by atoms with Crippen molar-refractivity contribution in [1.82, 2.24) is 0 Å². The summed E-state index contributed by atoms with van der Waals surface area (Å²) in [5.74, 6) is 1.25. The molecule has 4 nitrogen and oxygen atoms in total. The Labute approximate surface area is 290 Å². The van der Waals surface area contributed by atoms with Crippen molar-refractivity contribution in [2.75, 3.05) is 4.90 Å². The summed E-state index contributed by atoms with van der Waals surface area (Å²) in [6.07, 6.45) is 7.96. The molecule has 0 spiro atoms. The molecule has 0 N–H and O–H groups in total. The van der Waals surface area contributed by atoms with Crippen molar-refractivity contribution in [3.8, 4) is 56.4 Å². The van der Waals surface area contributed by atoms with Crippen molar-refractivity contribution in [3.63, 3.8) is 0 Å². The normalized spacial score (nSPS) is 23.1. The first-order chi connectivity index (χ1) is 27.3. The largest absolute Gasteiger partial charge is 0.449 e. The van der Waals surface area contributed by atoms with Crippen molar-refractivity contribution < 1.29 is 25.9 Å². The monoisotopic (exact) mass is 628 g/mol. The van der Waals surface area contributed by atoms with E-state index >= 15 is 0 Å². The van der Waals surface area contributed by atoms with E-state index in [0.717, 1.165) is 16.9 Å². The number of rotatable bonds is 3. The van der Waals surface area contributed by atoms with Crippen LogP contribution in [-0.4, -0.2) is 17.3 Å². The quantitative estimate of drug-likeness (QED) is 0.195. The highest BCUT2D eigenvalue weighted by atomic mass is 32.2. The van der Waals surface area contributed by atoms with Gasteiger partial charge in [0.2, 0.25) is 0 Å². The van der Waals surface area contributed by atoms with Crippen LogP contribution in [0.2, 0.25) is 0 Å². The van der Waals surface area contributed by atoms with Crippen LogP contribution < -0.4 is 14.4 Å².